The summed E-state index contributed by atoms with van der Waals surface area (Å²) in [5, 5.41) is -1.20. The summed E-state index contributed by atoms with van der Waals surface area (Å²) in [5.41, 5.74) is 5.58. The Bertz CT molecular complexity index is 627. The van der Waals surface area contributed by atoms with Crippen molar-refractivity contribution in [1.82, 2.24) is 10.9 Å². The van der Waals surface area contributed by atoms with Crippen molar-refractivity contribution in [3.63, 3.8) is 0 Å². The van der Waals surface area contributed by atoms with Gasteiger partial charge in [0.05, 0.1) is 4.88 Å². The number of aryl methyl sites for hydroxylation is 2. The summed E-state index contributed by atoms with van der Waals surface area (Å²) in [6, 6.07) is 1.83. The van der Waals surface area contributed by atoms with E-state index in [0.29, 0.717) is 4.88 Å². The molecule has 110 valence electrons. The molecule has 0 fully saturated rings. The molecule has 2 rings (SSSR count). The van der Waals surface area contributed by atoms with Crippen LogP contribution in [0.2, 0.25) is 0 Å². The Morgan fingerprint density at radius 1 is 1.30 bits per heavy atom. The second-order valence-corrected chi connectivity index (χ2v) is 8.33. The highest BCUT2D eigenvalue weighted by Gasteiger charge is 2.24. The minimum absolute atomic E-state index is 0.418. The minimum atomic E-state index is -3.47. The van der Waals surface area contributed by atoms with Gasteiger partial charge in [-0.1, -0.05) is 0 Å². The average molecular weight is 316 g/mol. The Labute approximate surface area is 121 Å². The molecule has 2 amide bonds. The van der Waals surface area contributed by atoms with Crippen molar-refractivity contribution in [2.75, 3.05) is 6.26 Å². The first-order valence-corrected chi connectivity index (χ1v) is 8.97. The number of thiophene rings is 1. The molecule has 0 saturated carbocycles. The molecular formula is C12H16N2O4S2. The number of carbonyl (C=O) groups is 2. The third-order valence-corrected chi connectivity index (χ3v) is 6.02. The molecule has 6 nitrogen and oxygen atoms in total. The van der Waals surface area contributed by atoms with Gasteiger partial charge in [-0.25, -0.2) is 8.42 Å². The van der Waals surface area contributed by atoms with Crippen molar-refractivity contribution >= 4 is 33.0 Å². The van der Waals surface area contributed by atoms with Gasteiger partial charge in [-0.05, 0) is 37.8 Å². The van der Waals surface area contributed by atoms with Crippen LogP contribution in [-0.2, 0) is 27.5 Å². The molecule has 0 radical (unpaired) electrons. The van der Waals surface area contributed by atoms with Gasteiger partial charge < -0.3 is 0 Å². The van der Waals surface area contributed by atoms with Crippen molar-refractivity contribution in [2.45, 2.75) is 31.4 Å². The molecule has 0 aromatic carbocycles. The lowest BCUT2D eigenvalue weighted by Crippen LogP contribution is -2.47. The first-order chi connectivity index (χ1) is 9.29. The summed E-state index contributed by atoms with van der Waals surface area (Å²) < 4.78 is 22.4. The summed E-state index contributed by atoms with van der Waals surface area (Å²) >= 11 is 1.41. The lowest BCUT2D eigenvalue weighted by Gasteiger charge is -2.10. The highest BCUT2D eigenvalue weighted by molar-refractivity contribution is 7.92. The Kier molecular flexibility index (Phi) is 4.14. The van der Waals surface area contributed by atoms with Crippen molar-refractivity contribution < 1.29 is 18.0 Å². The first kappa shape index (κ1) is 15.0. The van der Waals surface area contributed by atoms with Crippen molar-refractivity contribution in [1.29, 1.82) is 0 Å². The van der Waals surface area contributed by atoms with Crippen LogP contribution in [0.3, 0.4) is 0 Å². The molecule has 20 heavy (non-hydrogen) atoms. The van der Waals surface area contributed by atoms with E-state index in [0.717, 1.165) is 25.5 Å². The molecule has 1 heterocycles. The van der Waals surface area contributed by atoms with Crippen LogP contribution in [0.25, 0.3) is 0 Å². The second-order valence-electron chi connectivity index (χ2n) is 4.83. The smallest absolute Gasteiger partial charge is 0.272 e. The number of amides is 2. The maximum Gasteiger partial charge on any atom is 0.279 e. The van der Waals surface area contributed by atoms with Crippen LogP contribution >= 0.6 is 11.3 Å². The lowest BCUT2D eigenvalue weighted by molar-refractivity contribution is -0.121. The normalized spacial score (nSPS) is 15.5. The fourth-order valence-electron chi connectivity index (χ4n) is 1.92. The Hall–Kier alpha value is -1.41. The number of rotatable bonds is 3. The number of hydrogen-bond donors (Lipinski definition) is 2. The van der Waals surface area contributed by atoms with E-state index in [1.807, 2.05) is 6.07 Å². The Morgan fingerprint density at radius 3 is 2.60 bits per heavy atom. The maximum atomic E-state index is 11.9. The molecule has 1 atom stereocenters. The molecule has 2 N–H and O–H groups in total. The van der Waals surface area contributed by atoms with Gasteiger partial charge in [-0.15, -0.1) is 11.3 Å². The van der Waals surface area contributed by atoms with E-state index in [1.165, 1.54) is 28.7 Å². The van der Waals surface area contributed by atoms with Crippen LogP contribution in [-0.4, -0.2) is 31.7 Å². The summed E-state index contributed by atoms with van der Waals surface area (Å²) in [4.78, 5) is 25.2. The fraction of sp³-hybridized carbons (Fsp3) is 0.500. The van der Waals surface area contributed by atoms with Crippen LogP contribution in [0.1, 0.15) is 33.5 Å². The summed E-state index contributed by atoms with van der Waals surface area (Å²) in [5.74, 6) is -1.16. The third-order valence-electron chi connectivity index (χ3n) is 3.28. The van der Waals surface area contributed by atoms with E-state index < -0.39 is 26.9 Å². The van der Waals surface area contributed by atoms with E-state index in [2.05, 4.69) is 10.9 Å². The topological polar surface area (TPSA) is 92.3 Å². The third kappa shape index (κ3) is 3.18. The Balaban J connectivity index is 1.93. The number of hydrazine groups is 1. The number of sulfone groups is 1. The van der Waals surface area contributed by atoms with Gasteiger partial charge in [0.15, 0.2) is 9.84 Å². The van der Waals surface area contributed by atoms with Gasteiger partial charge in [-0.3, -0.25) is 20.4 Å². The number of nitrogens with one attached hydrogen (secondary N) is 2. The van der Waals surface area contributed by atoms with Crippen molar-refractivity contribution in [3.05, 3.63) is 21.4 Å². The number of fused-ring (bicyclic) bond motifs is 1. The molecule has 8 heteroatoms. The largest absolute Gasteiger partial charge is 0.279 e. The maximum absolute atomic E-state index is 11.9. The molecule has 1 aromatic heterocycles. The zero-order chi connectivity index (χ0) is 14.9. The van der Waals surface area contributed by atoms with Crippen LogP contribution in [0.5, 0.6) is 0 Å². The zero-order valence-corrected chi connectivity index (χ0v) is 12.9. The van der Waals surface area contributed by atoms with Crippen LogP contribution in [0, 0.1) is 0 Å². The SMILES string of the molecule is C[C@@H](C(=O)NNC(=O)c1cc2c(s1)CCC2)S(C)(=O)=O. The van der Waals surface area contributed by atoms with Gasteiger partial charge in [0.25, 0.3) is 11.8 Å². The molecule has 0 bridgehead atoms. The van der Waals surface area contributed by atoms with E-state index in [9.17, 15) is 18.0 Å². The molecule has 0 unspecified atom stereocenters. The van der Waals surface area contributed by atoms with Gasteiger partial charge in [0.2, 0.25) is 0 Å². The van der Waals surface area contributed by atoms with Crippen molar-refractivity contribution in [3.8, 4) is 0 Å². The fourth-order valence-corrected chi connectivity index (χ4v) is 3.51. The van der Waals surface area contributed by atoms with E-state index in [1.54, 1.807) is 0 Å². The molecule has 0 aliphatic heterocycles. The number of carbonyl (C=O) groups excluding carboxylic acids is 2. The van der Waals surface area contributed by atoms with Gasteiger partial charge in [0.1, 0.15) is 5.25 Å². The molecule has 0 spiro atoms. The van der Waals surface area contributed by atoms with Crippen LogP contribution in [0.4, 0.5) is 0 Å². The molecule has 1 aliphatic carbocycles. The van der Waals surface area contributed by atoms with E-state index in [-0.39, 0.29) is 0 Å². The summed E-state index contributed by atoms with van der Waals surface area (Å²) in [6.07, 6.45) is 4.07. The predicted molar refractivity (Wildman–Crippen MR) is 76.3 cm³/mol. The minimum Gasteiger partial charge on any atom is -0.272 e. The Morgan fingerprint density at radius 2 is 2.00 bits per heavy atom. The van der Waals surface area contributed by atoms with E-state index >= 15 is 0 Å². The first-order valence-electron chi connectivity index (χ1n) is 6.19. The van der Waals surface area contributed by atoms with Crippen LogP contribution in [0.15, 0.2) is 6.07 Å². The number of hydrogen-bond acceptors (Lipinski definition) is 5. The standard InChI is InChI=1S/C12H16N2O4S2/c1-7(20(2,17)18)11(15)13-14-12(16)10-6-8-4-3-5-9(8)19-10/h6-7H,3-5H2,1-2H3,(H,13,15)(H,14,16)/t7-/m0/s1. The zero-order valence-electron chi connectivity index (χ0n) is 11.2. The molecule has 1 aliphatic rings. The molecule has 0 saturated heterocycles. The monoisotopic (exact) mass is 316 g/mol. The van der Waals surface area contributed by atoms with Gasteiger partial charge in [-0.2, -0.15) is 0 Å². The predicted octanol–water partition coefficient (Wildman–Crippen LogP) is 0.431. The molecular weight excluding hydrogens is 300 g/mol. The second kappa shape index (κ2) is 5.53. The highest BCUT2D eigenvalue weighted by atomic mass is 32.2. The van der Waals surface area contributed by atoms with Gasteiger partial charge >= 0.3 is 0 Å². The summed E-state index contributed by atoms with van der Waals surface area (Å²) in [7, 11) is -3.47. The van der Waals surface area contributed by atoms with Crippen molar-refractivity contribution in [2.24, 2.45) is 0 Å². The van der Waals surface area contributed by atoms with Gasteiger partial charge in [0, 0.05) is 11.1 Å². The lowest BCUT2D eigenvalue weighted by atomic mass is 10.2. The quantitative estimate of drug-likeness (QED) is 0.791. The highest BCUT2D eigenvalue weighted by Crippen LogP contribution is 2.30. The average Bonchev–Trinajstić information content (AvgIpc) is 2.93. The van der Waals surface area contributed by atoms with Crippen LogP contribution < -0.4 is 10.9 Å². The van der Waals surface area contributed by atoms with E-state index in [4.69, 9.17) is 0 Å². The molecule has 1 aromatic rings. The summed E-state index contributed by atoms with van der Waals surface area (Å²) in [6.45, 7) is 1.27.